The molecule has 2 fully saturated rings. The standard InChI is InChI=1S/C22H29N2O3.BrH/c1-16-9-12-20(26-16)15-23(17-7-5-4-6-8-17)22(25)27-21-13-18-10-11-19(14-21)24(18,2)3;/h4-9,12,18-19,21H,10-11,13-15H2,1-3H3;1H/q+1;/p-1. The second kappa shape index (κ2) is 8.29. The third-order valence-electron chi connectivity index (χ3n) is 6.45. The summed E-state index contributed by atoms with van der Waals surface area (Å²) in [4.78, 5) is 14.8. The number of hydrogen-bond donors (Lipinski definition) is 0. The Balaban J connectivity index is 0.00000225. The summed E-state index contributed by atoms with van der Waals surface area (Å²) in [5, 5.41) is 0. The number of quaternary nitrogens is 1. The minimum atomic E-state index is -0.285. The molecule has 2 aliphatic heterocycles. The zero-order valence-electron chi connectivity index (χ0n) is 16.8. The number of benzene rings is 1. The molecule has 0 aliphatic carbocycles. The predicted molar refractivity (Wildman–Crippen MR) is 104 cm³/mol. The molecule has 0 spiro atoms. The molecule has 2 saturated heterocycles. The minimum absolute atomic E-state index is 0. The van der Waals surface area contributed by atoms with Crippen molar-refractivity contribution >= 4 is 11.8 Å². The first kappa shape index (κ1) is 20.9. The van der Waals surface area contributed by atoms with Gasteiger partial charge in [0.2, 0.25) is 0 Å². The first-order chi connectivity index (χ1) is 12.9. The fraction of sp³-hybridized carbons (Fsp3) is 0.500. The average Bonchev–Trinajstić information content (AvgIpc) is 3.07. The number of aryl methyl sites for hydroxylation is 1. The molecule has 152 valence electrons. The highest BCUT2D eigenvalue weighted by Gasteiger charge is 2.50. The Morgan fingerprint density at radius 2 is 1.75 bits per heavy atom. The summed E-state index contributed by atoms with van der Waals surface area (Å²) in [7, 11) is 4.63. The van der Waals surface area contributed by atoms with E-state index in [4.69, 9.17) is 9.15 Å². The van der Waals surface area contributed by atoms with E-state index in [1.807, 2.05) is 49.4 Å². The number of hydrogen-bond acceptors (Lipinski definition) is 3. The van der Waals surface area contributed by atoms with Gasteiger partial charge < -0.3 is 30.6 Å². The van der Waals surface area contributed by atoms with E-state index in [2.05, 4.69) is 14.1 Å². The molecular weight excluding hydrogens is 420 g/mol. The fourth-order valence-electron chi connectivity index (χ4n) is 4.73. The van der Waals surface area contributed by atoms with Crippen molar-refractivity contribution in [2.75, 3.05) is 19.0 Å². The van der Waals surface area contributed by atoms with E-state index in [1.165, 1.54) is 12.8 Å². The maximum absolute atomic E-state index is 13.1. The van der Waals surface area contributed by atoms with Crippen LogP contribution in [0.2, 0.25) is 0 Å². The van der Waals surface area contributed by atoms with Gasteiger partial charge in [-0.05, 0) is 31.2 Å². The number of amides is 1. The summed E-state index contributed by atoms with van der Waals surface area (Å²) in [5.41, 5.74) is 0.825. The molecular formula is C22H29BrN2O3. The summed E-state index contributed by atoms with van der Waals surface area (Å²) >= 11 is 0. The molecule has 2 aromatic rings. The maximum Gasteiger partial charge on any atom is 0.414 e. The molecule has 1 aromatic carbocycles. The number of fused-ring (bicyclic) bond motifs is 2. The summed E-state index contributed by atoms with van der Waals surface area (Å²) in [6.07, 6.45) is 4.10. The number of piperidine rings is 1. The van der Waals surface area contributed by atoms with E-state index in [0.717, 1.165) is 34.5 Å². The Bertz CT molecular complexity index is 789. The Kier molecular flexibility index (Phi) is 6.20. The van der Waals surface area contributed by atoms with Gasteiger partial charge in [0.05, 0.1) is 32.7 Å². The first-order valence-corrected chi connectivity index (χ1v) is 9.85. The van der Waals surface area contributed by atoms with Crippen LogP contribution < -0.4 is 21.9 Å². The van der Waals surface area contributed by atoms with Crippen LogP contribution in [0, 0.1) is 6.92 Å². The zero-order valence-corrected chi connectivity index (χ0v) is 18.4. The number of para-hydroxylation sites is 1. The number of ether oxygens (including phenoxy) is 1. The van der Waals surface area contributed by atoms with Gasteiger partial charge in [-0.15, -0.1) is 0 Å². The summed E-state index contributed by atoms with van der Waals surface area (Å²) in [6.45, 7) is 2.28. The monoisotopic (exact) mass is 448 g/mol. The lowest BCUT2D eigenvalue weighted by Crippen LogP contribution is -3.00. The summed E-state index contributed by atoms with van der Waals surface area (Å²) < 4.78 is 12.8. The third-order valence-corrected chi connectivity index (χ3v) is 6.45. The van der Waals surface area contributed by atoms with Crippen molar-refractivity contribution in [2.45, 2.75) is 57.3 Å². The second-order valence-electron chi connectivity index (χ2n) is 8.43. The molecule has 6 heteroatoms. The molecule has 28 heavy (non-hydrogen) atoms. The van der Waals surface area contributed by atoms with Gasteiger partial charge in [0.1, 0.15) is 17.6 Å². The Hall–Kier alpha value is -1.79. The van der Waals surface area contributed by atoms with Crippen LogP contribution in [0.4, 0.5) is 10.5 Å². The SMILES string of the molecule is Cc1ccc(CN(C(=O)OC2CC3CCC(C2)[N+]3(C)C)c2ccccc2)o1.[Br-]. The third kappa shape index (κ3) is 4.13. The number of carbonyl (C=O) groups excluding carboxylic acids is 1. The number of anilines is 1. The highest BCUT2D eigenvalue weighted by Crippen LogP contribution is 2.40. The van der Waals surface area contributed by atoms with E-state index in [-0.39, 0.29) is 29.2 Å². The molecule has 0 N–H and O–H groups in total. The van der Waals surface area contributed by atoms with Gasteiger partial charge in [-0.1, -0.05) is 18.2 Å². The van der Waals surface area contributed by atoms with Gasteiger partial charge in [-0.25, -0.2) is 4.79 Å². The van der Waals surface area contributed by atoms with Crippen molar-refractivity contribution in [2.24, 2.45) is 0 Å². The van der Waals surface area contributed by atoms with Crippen molar-refractivity contribution in [1.82, 2.24) is 0 Å². The normalized spacial score (nSPS) is 25.0. The van der Waals surface area contributed by atoms with E-state index >= 15 is 0 Å². The van der Waals surface area contributed by atoms with E-state index in [9.17, 15) is 4.79 Å². The van der Waals surface area contributed by atoms with Gasteiger partial charge in [-0.3, -0.25) is 4.90 Å². The number of halogens is 1. The quantitative estimate of drug-likeness (QED) is 0.665. The molecule has 2 bridgehead atoms. The number of carbonyl (C=O) groups is 1. The molecule has 3 heterocycles. The van der Waals surface area contributed by atoms with Crippen LogP contribution in [0.1, 0.15) is 37.2 Å². The van der Waals surface area contributed by atoms with Crippen LogP contribution in [-0.2, 0) is 11.3 Å². The van der Waals surface area contributed by atoms with Crippen molar-refractivity contribution in [3.8, 4) is 0 Å². The Morgan fingerprint density at radius 1 is 1.11 bits per heavy atom. The van der Waals surface area contributed by atoms with Gasteiger partial charge in [0, 0.05) is 31.4 Å². The second-order valence-corrected chi connectivity index (χ2v) is 8.43. The highest BCUT2D eigenvalue weighted by molar-refractivity contribution is 5.87. The topological polar surface area (TPSA) is 42.7 Å². The highest BCUT2D eigenvalue weighted by atomic mass is 79.9. The lowest BCUT2D eigenvalue weighted by molar-refractivity contribution is -0.931. The number of nitrogens with zero attached hydrogens (tertiary/aromatic N) is 2. The van der Waals surface area contributed by atoms with Crippen LogP contribution in [0.3, 0.4) is 0 Å². The number of rotatable bonds is 4. The molecule has 5 nitrogen and oxygen atoms in total. The molecule has 0 radical (unpaired) electrons. The van der Waals surface area contributed by atoms with Crippen molar-refractivity contribution in [3.05, 3.63) is 54.0 Å². The van der Waals surface area contributed by atoms with Crippen LogP contribution in [-0.4, -0.2) is 42.9 Å². The predicted octanol–water partition coefficient (Wildman–Crippen LogP) is 1.51. The van der Waals surface area contributed by atoms with Crippen LogP contribution in [0.25, 0.3) is 0 Å². The van der Waals surface area contributed by atoms with Crippen molar-refractivity contribution in [3.63, 3.8) is 0 Å². The van der Waals surface area contributed by atoms with Gasteiger partial charge in [0.25, 0.3) is 0 Å². The largest absolute Gasteiger partial charge is 1.00 e. The zero-order chi connectivity index (χ0) is 19.0. The lowest BCUT2D eigenvalue weighted by atomic mass is 9.98. The molecule has 2 unspecified atom stereocenters. The van der Waals surface area contributed by atoms with Gasteiger partial charge >= 0.3 is 6.09 Å². The average molecular weight is 449 g/mol. The molecule has 4 rings (SSSR count). The Morgan fingerprint density at radius 3 is 2.32 bits per heavy atom. The molecule has 2 atom stereocenters. The smallest absolute Gasteiger partial charge is 0.414 e. The minimum Gasteiger partial charge on any atom is -1.00 e. The molecule has 2 aliphatic rings. The first-order valence-electron chi connectivity index (χ1n) is 9.85. The lowest BCUT2D eigenvalue weighted by Gasteiger charge is -2.44. The molecule has 1 aromatic heterocycles. The van der Waals surface area contributed by atoms with E-state index in [1.54, 1.807) is 4.90 Å². The van der Waals surface area contributed by atoms with Crippen molar-refractivity contribution in [1.29, 1.82) is 0 Å². The van der Waals surface area contributed by atoms with Crippen LogP contribution in [0.15, 0.2) is 46.9 Å². The van der Waals surface area contributed by atoms with E-state index < -0.39 is 0 Å². The maximum atomic E-state index is 13.1. The fourth-order valence-corrected chi connectivity index (χ4v) is 4.73. The van der Waals surface area contributed by atoms with Gasteiger partial charge in [0.15, 0.2) is 0 Å². The van der Waals surface area contributed by atoms with Crippen LogP contribution in [0.5, 0.6) is 0 Å². The van der Waals surface area contributed by atoms with E-state index in [0.29, 0.717) is 18.6 Å². The molecule has 0 saturated carbocycles. The van der Waals surface area contributed by atoms with Crippen LogP contribution >= 0.6 is 0 Å². The van der Waals surface area contributed by atoms with Crippen molar-refractivity contribution < 1.29 is 35.4 Å². The van der Waals surface area contributed by atoms with Gasteiger partial charge in [-0.2, -0.15) is 0 Å². The molecule has 1 amide bonds. The Labute approximate surface area is 177 Å². The summed E-state index contributed by atoms with van der Waals surface area (Å²) in [6, 6.07) is 14.7. The number of furan rings is 1. The summed E-state index contributed by atoms with van der Waals surface area (Å²) in [5.74, 6) is 1.60.